The van der Waals surface area contributed by atoms with Crippen LogP contribution in [0.1, 0.15) is 5.82 Å². The Balaban J connectivity index is 2.18. The Labute approximate surface area is 96.9 Å². The number of hydrogen-bond acceptors (Lipinski definition) is 3. The molecule has 3 aromatic rings. The summed E-state index contributed by atoms with van der Waals surface area (Å²) >= 11 is 0. The van der Waals surface area contributed by atoms with Crippen LogP contribution in [-0.4, -0.2) is 9.97 Å². The summed E-state index contributed by atoms with van der Waals surface area (Å²) in [5.41, 5.74) is 1.01. The topological polar surface area (TPSA) is 38.9 Å². The molecule has 2 aromatic heterocycles. The molecule has 0 unspecified atom stereocenters. The second-order valence-corrected chi connectivity index (χ2v) is 3.79. The van der Waals surface area contributed by atoms with Gasteiger partial charge in [-0.1, -0.05) is 12.1 Å². The summed E-state index contributed by atoms with van der Waals surface area (Å²) in [5.74, 6) is 0.905. The van der Waals surface area contributed by atoms with E-state index in [1.165, 1.54) is 6.07 Å². The molecule has 0 aliphatic rings. The Morgan fingerprint density at radius 1 is 1.18 bits per heavy atom. The summed E-state index contributed by atoms with van der Waals surface area (Å²) in [7, 11) is 0. The maximum Gasteiger partial charge on any atom is 0.170 e. The smallest absolute Gasteiger partial charge is 0.170 e. The molecule has 17 heavy (non-hydrogen) atoms. The molecule has 0 bridgehead atoms. The number of fused-ring (bicyclic) bond motifs is 1. The van der Waals surface area contributed by atoms with Crippen LogP contribution in [0.25, 0.3) is 22.3 Å². The second kappa shape index (κ2) is 3.66. The molecule has 2 heterocycles. The summed E-state index contributed by atoms with van der Waals surface area (Å²) in [5, 5.41) is 0.737. The molecule has 1 aromatic carbocycles. The van der Waals surface area contributed by atoms with E-state index in [4.69, 9.17) is 4.42 Å². The van der Waals surface area contributed by atoms with Crippen LogP contribution in [0, 0.1) is 12.7 Å². The number of hydrogen-bond donors (Lipinski definition) is 0. The first-order valence-electron chi connectivity index (χ1n) is 5.21. The van der Waals surface area contributed by atoms with E-state index in [2.05, 4.69) is 9.97 Å². The molecule has 0 aliphatic carbocycles. The van der Waals surface area contributed by atoms with Crippen molar-refractivity contribution in [1.29, 1.82) is 0 Å². The maximum absolute atomic E-state index is 13.5. The van der Waals surface area contributed by atoms with Gasteiger partial charge in [0.15, 0.2) is 11.4 Å². The minimum Gasteiger partial charge on any atom is -0.453 e. The average Bonchev–Trinajstić information content (AvgIpc) is 2.75. The summed E-state index contributed by atoms with van der Waals surface area (Å²) in [6.07, 6.45) is 3.33. The first kappa shape index (κ1) is 9.96. The van der Waals surface area contributed by atoms with Crippen LogP contribution in [0.2, 0.25) is 0 Å². The summed E-state index contributed by atoms with van der Waals surface area (Å²) in [4.78, 5) is 8.17. The van der Waals surface area contributed by atoms with Crippen molar-refractivity contribution >= 4 is 11.0 Å². The zero-order chi connectivity index (χ0) is 11.8. The molecule has 3 rings (SSSR count). The van der Waals surface area contributed by atoms with Gasteiger partial charge in [0.1, 0.15) is 11.6 Å². The zero-order valence-electron chi connectivity index (χ0n) is 9.14. The lowest BCUT2D eigenvalue weighted by atomic mass is 10.2. The first-order valence-corrected chi connectivity index (χ1v) is 5.21. The Morgan fingerprint density at radius 2 is 1.94 bits per heavy atom. The predicted octanol–water partition coefficient (Wildman–Crippen LogP) is 3.34. The SMILES string of the molecule is Cc1ncc(-c2cc3cccc(F)c3o2)cn1. The van der Waals surface area contributed by atoms with E-state index < -0.39 is 0 Å². The fourth-order valence-electron chi connectivity index (χ4n) is 1.69. The van der Waals surface area contributed by atoms with Crippen LogP contribution in [0.15, 0.2) is 41.1 Å². The van der Waals surface area contributed by atoms with Gasteiger partial charge in [-0.2, -0.15) is 0 Å². The van der Waals surface area contributed by atoms with E-state index in [1.54, 1.807) is 30.6 Å². The highest BCUT2D eigenvalue weighted by Gasteiger charge is 2.09. The standard InChI is InChI=1S/C13H9FN2O/c1-8-15-6-10(7-16-8)12-5-9-3-2-4-11(14)13(9)17-12/h2-7H,1H3. The third kappa shape index (κ3) is 1.67. The largest absolute Gasteiger partial charge is 0.453 e. The highest BCUT2D eigenvalue weighted by molar-refractivity contribution is 5.82. The molecule has 0 aliphatic heterocycles. The lowest BCUT2D eigenvalue weighted by Gasteiger charge is -1.95. The highest BCUT2D eigenvalue weighted by Crippen LogP contribution is 2.28. The van der Waals surface area contributed by atoms with Crippen molar-refractivity contribution in [3.8, 4) is 11.3 Å². The van der Waals surface area contributed by atoms with Crippen molar-refractivity contribution in [3.05, 3.63) is 48.3 Å². The van der Waals surface area contributed by atoms with Crippen LogP contribution in [0.5, 0.6) is 0 Å². The molecule has 4 heteroatoms. The number of aryl methyl sites for hydroxylation is 1. The molecule has 3 nitrogen and oxygen atoms in total. The summed E-state index contributed by atoms with van der Waals surface area (Å²) < 4.78 is 18.9. The third-order valence-electron chi connectivity index (χ3n) is 2.56. The van der Waals surface area contributed by atoms with Crippen LogP contribution < -0.4 is 0 Å². The number of nitrogens with zero attached hydrogens (tertiary/aromatic N) is 2. The quantitative estimate of drug-likeness (QED) is 0.641. The molecule has 84 valence electrons. The van der Waals surface area contributed by atoms with Crippen molar-refractivity contribution in [2.75, 3.05) is 0 Å². The monoisotopic (exact) mass is 228 g/mol. The van der Waals surface area contributed by atoms with E-state index in [9.17, 15) is 4.39 Å². The Morgan fingerprint density at radius 3 is 2.65 bits per heavy atom. The van der Waals surface area contributed by atoms with Crippen molar-refractivity contribution in [3.63, 3.8) is 0 Å². The van der Waals surface area contributed by atoms with Gasteiger partial charge in [-0.05, 0) is 19.1 Å². The normalized spacial score (nSPS) is 10.9. The number of halogens is 1. The summed E-state index contributed by atoms with van der Waals surface area (Å²) in [6.45, 7) is 1.81. The van der Waals surface area contributed by atoms with Crippen LogP contribution in [-0.2, 0) is 0 Å². The molecule has 0 saturated heterocycles. The molecular weight excluding hydrogens is 219 g/mol. The second-order valence-electron chi connectivity index (χ2n) is 3.79. The molecule has 0 amide bonds. The Kier molecular flexibility index (Phi) is 2.14. The average molecular weight is 228 g/mol. The van der Waals surface area contributed by atoms with Crippen molar-refractivity contribution < 1.29 is 8.81 Å². The number of furan rings is 1. The Hall–Kier alpha value is -2.23. The fourth-order valence-corrected chi connectivity index (χ4v) is 1.69. The van der Waals surface area contributed by atoms with Crippen molar-refractivity contribution in [2.24, 2.45) is 0 Å². The predicted molar refractivity (Wildman–Crippen MR) is 61.9 cm³/mol. The molecule has 0 radical (unpaired) electrons. The molecule has 0 fully saturated rings. The molecule has 0 atom stereocenters. The lowest BCUT2D eigenvalue weighted by Crippen LogP contribution is -1.86. The third-order valence-corrected chi connectivity index (χ3v) is 2.56. The summed E-state index contributed by atoms with van der Waals surface area (Å²) in [6, 6.07) is 6.62. The first-order chi connectivity index (χ1) is 8.24. The van der Waals surface area contributed by atoms with Gasteiger partial charge in [0, 0.05) is 17.8 Å². The molecule has 0 N–H and O–H groups in total. The van der Waals surface area contributed by atoms with E-state index in [1.807, 2.05) is 6.92 Å². The van der Waals surface area contributed by atoms with Crippen LogP contribution >= 0.6 is 0 Å². The van der Waals surface area contributed by atoms with Gasteiger partial charge in [-0.3, -0.25) is 0 Å². The Bertz CT molecular complexity index is 673. The van der Waals surface area contributed by atoms with Gasteiger partial charge >= 0.3 is 0 Å². The van der Waals surface area contributed by atoms with Crippen molar-refractivity contribution in [2.45, 2.75) is 6.92 Å². The number of benzene rings is 1. The van der Waals surface area contributed by atoms with Gasteiger partial charge < -0.3 is 4.42 Å². The van der Waals surface area contributed by atoms with Gasteiger partial charge in [-0.15, -0.1) is 0 Å². The van der Waals surface area contributed by atoms with E-state index in [-0.39, 0.29) is 11.4 Å². The van der Waals surface area contributed by atoms with Gasteiger partial charge in [-0.25, -0.2) is 14.4 Å². The van der Waals surface area contributed by atoms with Gasteiger partial charge in [0.25, 0.3) is 0 Å². The van der Waals surface area contributed by atoms with Crippen LogP contribution in [0.3, 0.4) is 0 Å². The minimum absolute atomic E-state index is 0.267. The zero-order valence-corrected chi connectivity index (χ0v) is 9.14. The fraction of sp³-hybridized carbons (Fsp3) is 0.0769. The minimum atomic E-state index is -0.359. The lowest BCUT2D eigenvalue weighted by molar-refractivity contribution is 0.568. The molecular formula is C13H9FN2O. The van der Waals surface area contributed by atoms with E-state index >= 15 is 0 Å². The van der Waals surface area contributed by atoms with Crippen molar-refractivity contribution in [1.82, 2.24) is 9.97 Å². The van der Waals surface area contributed by atoms with Gasteiger partial charge in [0.05, 0.1) is 5.56 Å². The number of aromatic nitrogens is 2. The number of para-hydroxylation sites is 1. The number of rotatable bonds is 1. The molecule has 0 saturated carbocycles. The maximum atomic E-state index is 13.5. The van der Waals surface area contributed by atoms with Gasteiger partial charge in [0.2, 0.25) is 0 Å². The van der Waals surface area contributed by atoms with E-state index in [0.29, 0.717) is 11.6 Å². The van der Waals surface area contributed by atoms with Crippen LogP contribution in [0.4, 0.5) is 4.39 Å². The highest BCUT2D eigenvalue weighted by atomic mass is 19.1. The van der Waals surface area contributed by atoms with E-state index in [0.717, 1.165) is 10.9 Å². The molecule has 0 spiro atoms.